The van der Waals surface area contributed by atoms with Crippen LogP contribution in [0.15, 0.2) is 41.7 Å². The molecule has 25 heavy (non-hydrogen) atoms. The van der Waals surface area contributed by atoms with Crippen molar-refractivity contribution in [2.45, 2.75) is 46.6 Å². The summed E-state index contributed by atoms with van der Waals surface area (Å²) in [5, 5.41) is 0. The molecule has 0 radical (unpaired) electrons. The number of carbonyl (C=O) groups excluding carboxylic acids is 1. The van der Waals surface area contributed by atoms with Gasteiger partial charge in [0.05, 0.1) is 6.54 Å². The second-order valence-corrected chi connectivity index (χ2v) is 6.96. The molecule has 1 aromatic carbocycles. The van der Waals surface area contributed by atoms with Crippen LogP contribution in [0.3, 0.4) is 0 Å². The molecule has 0 saturated carbocycles. The summed E-state index contributed by atoms with van der Waals surface area (Å²) < 4.78 is 11.1. The molecule has 1 aliphatic heterocycles. The molecule has 0 aliphatic carbocycles. The van der Waals surface area contributed by atoms with Crippen molar-refractivity contribution in [3.63, 3.8) is 0 Å². The highest BCUT2D eigenvalue weighted by Crippen LogP contribution is 2.23. The van der Waals surface area contributed by atoms with Crippen LogP contribution >= 0.6 is 12.4 Å². The smallest absolute Gasteiger partial charge is 0.349 e. The van der Waals surface area contributed by atoms with Crippen molar-refractivity contribution in [2.75, 3.05) is 19.7 Å². The van der Waals surface area contributed by atoms with Gasteiger partial charge in [-0.15, -0.1) is 12.4 Å². The minimum absolute atomic E-state index is 0. The highest BCUT2D eigenvalue weighted by atomic mass is 35.5. The number of benzene rings is 1. The first kappa shape index (κ1) is 21.5. The Morgan fingerprint density at radius 2 is 1.84 bits per heavy atom. The Bertz CT molecular complexity index is 570. The third-order valence-corrected chi connectivity index (χ3v) is 4.49. The average Bonchev–Trinajstić information content (AvgIpc) is 2.56. The number of hydrogen-bond acceptors (Lipinski definition) is 4. The topological polar surface area (TPSA) is 38.8 Å². The average molecular weight is 368 g/mol. The van der Waals surface area contributed by atoms with Crippen molar-refractivity contribution in [1.29, 1.82) is 0 Å². The predicted molar refractivity (Wildman–Crippen MR) is 103 cm³/mol. The van der Waals surface area contributed by atoms with Gasteiger partial charge in [0.1, 0.15) is 11.5 Å². The number of ether oxygens (including phenoxy) is 2. The summed E-state index contributed by atoms with van der Waals surface area (Å²) in [5.74, 6) is 1.76. The Labute approximate surface area is 157 Å². The van der Waals surface area contributed by atoms with E-state index < -0.39 is 0 Å². The van der Waals surface area contributed by atoms with Gasteiger partial charge in [0.25, 0.3) is 0 Å². The van der Waals surface area contributed by atoms with E-state index in [1.807, 2.05) is 44.2 Å². The van der Waals surface area contributed by atoms with Crippen molar-refractivity contribution < 1.29 is 14.3 Å². The maximum atomic E-state index is 12.1. The first-order chi connectivity index (χ1) is 11.5. The van der Waals surface area contributed by atoms with Crippen LogP contribution in [0, 0.1) is 5.92 Å². The number of allylic oxidation sites excluding steroid dienone is 1. The Morgan fingerprint density at radius 3 is 2.48 bits per heavy atom. The molecule has 0 amide bonds. The van der Waals surface area contributed by atoms with E-state index in [1.165, 1.54) is 12.8 Å². The van der Waals surface area contributed by atoms with E-state index in [0.717, 1.165) is 17.9 Å². The van der Waals surface area contributed by atoms with Crippen molar-refractivity contribution >= 4 is 18.4 Å². The molecular formula is C20H30ClNO3. The molecule has 0 N–H and O–H groups in total. The van der Waals surface area contributed by atoms with Gasteiger partial charge < -0.3 is 9.47 Å². The molecule has 1 fully saturated rings. The minimum Gasteiger partial charge on any atom is -0.482 e. The molecule has 0 bridgehead atoms. The van der Waals surface area contributed by atoms with Crippen LogP contribution < -0.4 is 4.74 Å². The number of para-hydroxylation sites is 1. The molecule has 1 aromatic rings. The van der Waals surface area contributed by atoms with Crippen LogP contribution in [0.2, 0.25) is 0 Å². The van der Waals surface area contributed by atoms with Gasteiger partial charge in [0, 0.05) is 12.6 Å². The maximum Gasteiger partial charge on any atom is 0.349 e. The summed E-state index contributed by atoms with van der Waals surface area (Å²) in [5.41, 5.74) is 1.04. The molecule has 5 heteroatoms. The predicted octanol–water partition coefficient (Wildman–Crippen LogP) is 4.44. The van der Waals surface area contributed by atoms with E-state index in [-0.39, 0.29) is 25.0 Å². The Hall–Kier alpha value is -1.52. The van der Waals surface area contributed by atoms with Crippen LogP contribution in [-0.4, -0.2) is 36.6 Å². The summed E-state index contributed by atoms with van der Waals surface area (Å²) in [6.45, 7) is 10.2. The monoisotopic (exact) mass is 367 g/mol. The second-order valence-electron chi connectivity index (χ2n) is 6.96. The normalized spacial score (nSPS) is 20.3. The zero-order valence-corrected chi connectivity index (χ0v) is 16.5. The van der Waals surface area contributed by atoms with Gasteiger partial charge >= 0.3 is 5.97 Å². The Morgan fingerprint density at radius 1 is 1.16 bits per heavy atom. The molecule has 1 heterocycles. The lowest BCUT2D eigenvalue weighted by molar-refractivity contribution is -0.142. The van der Waals surface area contributed by atoms with E-state index >= 15 is 0 Å². The van der Waals surface area contributed by atoms with Gasteiger partial charge in [-0.05, 0) is 57.2 Å². The van der Waals surface area contributed by atoms with E-state index in [4.69, 9.17) is 9.47 Å². The number of rotatable bonds is 6. The number of nitrogens with zero attached hydrogens (tertiary/aromatic N) is 1. The third kappa shape index (κ3) is 7.09. The van der Waals surface area contributed by atoms with Crippen LogP contribution in [-0.2, 0) is 9.53 Å². The second kappa shape index (κ2) is 10.5. The van der Waals surface area contributed by atoms with Crippen LogP contribution in [0.1, 0.15) is 40.5 Å². The first-order valence-corrected chi connectivity index (χ1v) is 8.74. The van der Waals surface area contributed by atoms with E-state index in [9.17, 15) is 4.79 Å². The number of carbonyl (C=O) groups is 1. The first-order valence-electron chi connectivity index (χ1n) is 8.74. The lowest BCUT2D eigenvalue weighted by Gasteiger charge is -2.37. The van der Waals surface area contributed by atoms with Crippen LogP contribution in [0.25, 0.3) is 0 Å². The van der Waals surface area contributed by atoms with Crippen molar-refractivity contribution in [1.82, 2.24) is 4.90 Å². The standard InChI is InChI=1S/C20H29NO3.ClH/c1-15(2)19(13-21-12-16(3)10-11-17(21)4)24-20(22)14-23-18-8-6-5-7-9-18;/h5-9,16-17H,10-14H2,1-4H3;1H. The number of likely N-dealkylation sites (tertiary alicyclic amines) is 1. The van der Waals surface area contributed by atoms with Crippen molar-refractivity contribution in [2.24, 2.45) is 5.92 Å². The molecule has 4 nitrogen and oxygen atoms in total. The number of esters is 1. The van der Waals surface area contributed by atoms with Gasteiger partial charge in [-0.25, -0.2) is 4.79 Å². The molecule has 0 aromatic heterocycles. The lowest BCUT2D eigenvalue weighted by atomic mass is 9.95. The van der Waals surface area contributed by atoms with Gasteiger partial charge in [0.15, 0.2) is 6.61 Å². The van der Waals surface area contributed by atoms with E-state index in [0.29, 0.717) is 24.3 Å². The van der Waals surface area contributed by atoms with Crippen LogP contribution in [0.5, 0.6) is 5.75 Å². The maximum absolute atomic E-state index is 12.1. The Kier molecular flexibility index (Phi) is 9.01. The fraction of sp³-hybridized carbons (Fsp3) is 0.550. The van der Waals surface area contributed by atoms with Gasteiger partial charge in [-0.1, -0.05) is 25.1 Å². The molecule has 0 spiro atoms. The summed E-state index contributed by atoms with van der Waals surface area (Å²) in [4.78, 5) is 14.5. The van der Waals surface area contributed by atoms with Gasteiger partial charge in [0.2, 0.25) is 0 Å². The SMILES string of the molecule is CC(C)=C(CN1CC(C)CCC1C)OC(=O)COc1ccccc1.Cl. The van der Waals surface area contributed by atoms with Crippen molar-refractivity contribution in [3.8, 4) is 5.75 Å². The quantitative estimate of drug-likeness (QED) is 0.550. The third-order valence-electron chi connectivity index (χ3n) is 4.49. The fourth-order valence-corrected chi connectivity index (χ4v) is 2.90. The zero-order chi connectivity index (χ0) is 17.5. The Balaban J connectivity index is 0.00000312. The number of piperidine rings is 1. The molecule has 2 atom stereocenters. The van der Waals surface area contributed by atoms with Crippen molar-refractivity contribution in [3.05, 3.63) is 41.7 Å². The zero-order valence-electron chi connectivity index (χ0n) is 15.7. The highest BCUT2D eigenvalue weighted by Gasteiger charge is 2.25. The molecule has 1 saturated heterocycles. The van der Waals surface area contributed by atoms with E-state index in [2.05, 4.69) is 18.7 Å². The minimum atomic E-state index is -0.354. The van der Waals surface area contributed by atoms with Crippen LogP contribution in [0.4, 0.5) is 0 Å². The lowest BCUT2D eigenvalue weighted by Crippen LogP contribution is -2.42. The number of halogens is 1. The van der Waals surface area contributed by atoms with Gasteiger partial charge in [-0.2, -0.15) is 0 Å². The molecule has 2 unspecified atom stereocenters. The van der Waals surface area contributed by atoms with E-state index in [1.54, 1.807) is 0 Å². The summed E-state index contributed by atoms with van der Waals surface area (Å²) >= 11 is 0. The summed E-state index contributed by atoms with van der Waals surface area (Å²) in [7, 11) is 0. The highest BCUT2D eigenvalue weighted by molar-refractivity contribution is 5.85. The molecule has 140 valence electrons. The molecule has 2 rings (SSSR count). The largest absolute Gasteiger partial charge is 0.482 e. The molecular weight excluding hydrogens is 338 g/mol. The molecule has 1 aliphatic rings. The number of hydrogen-bond donors (Lipinski definition) is 0. The fourth-order valence-electron chi connectivity index (χ4n) is 2.90. The summed E-state index contributed by atoms with van der Waals surface area (Å²) in [6, 6.07) is 9.84. The summed E-state index contributed by atoms with van der Waals surface area (Å²) in [6.07, 6.45) is 2.47. The van der Waals surface area contributed by atoms with Gasteiger partial charge in [-0.3, -0.25) is 4.90 Å².